The predicted molar refractivity (Wildman–Crippen MR) is 66.8 cm³/mol. The van der Waals surface area contributed by atoms with Gasteiger partial charge in [-0.15, -0.1) is 0 Å². The molecule has 1 N–H and O–H groups in total. The molecule has 3 nitrogen and oxygen atoms in total. The van der Waals surface area contributed by atoms with Gasteiger partial charge in [0.05, 0.1) is 16.2 Å². The van der Waals surface area contributed by atoms with Crippen molar-refractivity contribution in [2.24, 2.45) is 5.92 Å². The summed E-state index contributed by atoms with van der Waals surface area (Å²) in [6, 6.07) is 6.30. The largest absolute Gasteiger partial charge is 0.393 e. The molecule has 0 radical (unpaired) electrons. The van der Waals surface area contributed by atoms with E-state index in [1.165, 1.54) is 6.07 Å². The van der Waals surface area contributed by atoms with Crippen molar-refractivity contribution in [1.82, 2.24) is 0 Å². The molecule has 1 aromatic rings. The second-order valence-corrected chi connectivity index (χ2v) is 7.15. The lowest BCUT2D eigenvalue weighted by Gasteiger charge is -2.18. The van der Waals surface area contributed by atoms with Crippen LogP contribution < -0.4 is 0 Å². The summed E-state index contributed by atoms with van der Waals surface area (Å²) in [6.07, 6.45) is 0.539. The molecule has 0 aliphatic heterocycles. The van der Waals surface area contributed by atoms with Gasteiger partial charge < -0.3 is 5.11 Å². The fourth-order valence-corrected chi connectivity index (χ4v) is 4.72. The van der Waals surface area contributed by atoms with E-state index >= 15 is 0 Å². The third-order valence-electron chi connectivity index (χ3n) is 3.46. The molecule has 0 amide bonds. The number of halogens is 1. The second-order valence-electron chi connectivity index (χ2n) is 4.54. The van der Waals surface area contributed by atoms with E-state index in [0.29, 0.717) is 17.9 Å². The Labute approximate surface area is 106 Å². The molecule has 1 aromatic carbocycles. The predicted octanol–water partition coefficient (Wildman–Crippen LogP) is 2.27. The summed E-state index contributed by atoms with van der Waals surface area (Å²) >= 11 is 5.81. The van der Waals surface area contributed by atoms with Crippen molar-refractivity contribution in [3.05, 3.63) is 29.3 Å². The number of aliphatic hydroxyl groups is 1. The third kappa shape index (κ3) is 2.34. The van der Waals surface area contributed by atoms with Gasteiger partial charge in [-0.25, -0.2) is 8.42 Å². The molecule has 1 aliphatic rings. The SMILES string of the molecule is CC1C(O)CCC1S(=O)(=O)c1cccc(Cl)c1. The number of hydrogen-bond acceptors (Lipinski definition) is 3. The van der Waals surface area contributed by atoms with Crippen LogP contribution in [0.1, 0.15) is 19.8 Å². The Hall–Kier alpha value is -0.580. The Morgan fingerprint density at radius 3 is 2.59 bits per heavy atom. The van der Waals surface area contributed by atoms with Crippen LogP contribution >= 0.6 is 11.6 Å². The summed E-state index contributed by atoms with van der Waals surface area (Å²) < 4.78 is 24.7. The van der Waals surface area contributed by atoms with Gasteiger partial charge in [0.25, 0.3) is 0 Å². The number of sulfone groups is 1. The summed E-state index contributed by atoms with van der Waals surface area (Å²) in [6.45, 7) is 1.78. The van der Waals surface area contributed by atoms with E-state index in [1.54, 1.807) is 25.1 Å². The normalized spacial score (nSPS) is 29.5. The lowest BCUT2D eigenvalue weighted by Crippen LogP contribution is -2.27. The first kappa shape index (κ1) is 12.9. The molecule has 1 saturated carbocycles. The quantitative estimate of drug-likeness (QED) is 0.900. The van der Waals surface area contributed by atoms with E-state index in [1.807, 2.05) is 0 Å². The number of rotatable bonds is 2. The summed E-state index contributed by atoms with van der Waals surface area (Å²) in [5.74, 6) is -0.223. The summed E-state index contributed by atoms with van der Waals surface area (Å²) in [5, 5.41) is 9.55. The average Bonchev–Trinajstić information content (AvgIpc) is 2.60. The van der Waals surface area contributed by atoms with E-state index in [9.17, 15) is 13.5 Å². The highest BCUT2D eigenvalue weighted by molar-refractivity contribution is 7.92. The van der Waals surface area contributed by atoms with Gasteiger partial charge in [-0.3, -0.25) is 0 Å². The molecule has 0 aromatic heterocycles. The highest BCUT2D eigenvalue weighted by atomic mass is 35.5. The van der Waals surface area contributed by atoms with Crippen LogP contribution in [0.4, 0.5) is 0 Å². The Kier molecular flexibility index (Phi) is 3.48. The summed E-state index contributed by atoms with van der Waals surface area (Å²) in [7, 11) is -3.39. The molecule has 1 aliphatic carbocycles. The lowest BCUT2D eigenvalue weighted by molar-refractivity contribution is 0.142. The maximum Gasteiger partial charge on any atom is 0.181 e. The maximum absolute atomic E-state index is 12.4. The second kappa shape index (κ2) is 4.59. The number of benzene rings is 1. The molecule has 94 valence electrons. The van der Waals surface area contributed by atoms with E-state index in [0.717, 1.165) is 0 Å². The molecule has 3 atom stereocenters. The zero-order valence-corrected chi connectivity index (χ0v) is 11.1. The van der Waals surface area contributed by atoms with Crippen molar-refractivity contribution < 1.29 is 13.5 Å². The first-order chi connectivity index (χ1) is 7.93. The van der Waals surface area contributed by atoms with Crippen molar-refractivity contribution in [1.29, 1.82) is 0 Å². The van der Waals surface area contributed by atoms with Gasteiger partial charge in [-0.1, -0.05) is 24.6 Å². The van der Waals surface area contributed by atoms with Crippen molar-refractivity contribution in [3.8, 4) is 0 Å². The Morgan fingerprint density at radius 1 is 1.35 bits per heavy atom. The van der Waals surface area contributed by atoms with Gasteiger partial charge in [-0.05, 0) is 37.0 Å². The lowest BCUT2D eigenvalue weighted by atomic mass is 10.1. The molecule has 0 saturated heterocycles. The van der Waals surface area contributed by atoms with Crippen LogP contribution in [0, 0.1) is 5.92 Å². The van der Waals surface area contributed by atoms with Crippen molar-refractivity contribution in [2.75, 3.05) is 0 Å². The third-order valence-corrected chi connectivity index (χ3v) is 6.07. The van der Waals surface area contributed by atoms with Gasteiger partial charge in [0.2, 0.25) is 0 Å². The van der Waals surface area contributed by atoms with E-state index in [4.69, 9.17) is 11.6 Å². The van der Waals surface area contributed by atoms with Gasteiger partial charge in [0.1, 0.15) is 0 Å². The van der Waals surface area contributed by atoms with Gasteiger partial charge in [0.15, 0.2) is 9.84 Å². The van der Waals surface area contributed by atoms with Crippen LogP contribution in [0.15, 0.2) is 29.2 Å². The van der Waals surface area contributed by atoms with E-state index < -0.39 is 21.2 Å². The van der Waals surface area contributed by atoms with E-state index in [-0.39, 0.29) is 10.8 Å². The molecule has 0 heterocycles. The fourth-order valence-electron chi connectivity index (χ4n) is 2.37. The van der Waals surface area contributed by atoms with Crippen molar-refractivity contribution in [2.45, 2.75) is 36.0 Å². The Morgan fingerprint density at radius 2 is 2.06 bits per heavy atom. The minimum absolute atomic E-state index is 0.223. The Balaban J connectivity index is 2.37. The van der Waals surface area contributed by atoms with Gasteiger partial charge in [-0.2, -0.15) is 0 Å². The number of hydrogen-bond donors (Lipinski definition) is 1. The standard InChI is InChI=1S/C12H15ClO3S/c1-8-11(14)5-6-12(8)17(15,16)10-4-2-3-9(13)7-10/h2-4,7-8,11-12,14H,5-6H2,1H3. The van der Waals surface area contributed by atoms with Gasteiger partial charge >= 0.3 is 0 Å². The molecule has 0 bridgehead atoms. The summed E-state index contributed by atoms with van der Waals surface area (Å²) in [4.78, 5) is 0.246. The van der Waals surface area contributed by atoms with Crippen LogP contribution in [0.3, 0.4) is 0 Å². The molecular weight excluding hydrogens is 260 g/mol. The van der Waals surface area contributed by atoms with Crippen molar-refractivity contribution >= 4 is 21.4 Å². The minimum atomic E-state index is -3.39. The molecular formula is C12H15ClO3S. The van der Waals surface area contributed by atoms with Gasteiger partial charge in [0, 0.05) is 5.02 Å². The molecule has 5 heteroatoms. The number of aliphatic hydroxyl groups excluding tert-OH is 1. The maximum atomic E-state index is 12.4. The zero-order chi connectivity index (χ0) is 12.6. The van der Waals surface area contributed by atoms with Crippen LogP contribution in [0.25, 0.3) is 0 Å². The smallest absolute Gasteiger partial charge is 0.181 e. The van der Waals surface area contributed by atoms with Crippen LogP contribution in [-0.2, 0) is 9.84 Å². The molecule has 17 heavy (non-hydrogen) atoms. The van der Waals surface area contributed by atoms with Crippen LogP contribution in [0.2, 0.25) is 5.02 Å². The van der Waals surface area contributed by atoms with Crippen LogP contribution in [-0.4, -0.2) is 24.9 Å². The monoisotopic (exact) mass is 274 g/mol. The first-order valence-corrected chi connectivity index (χ1v) is 7.53. The first-order valence-electron chi connectivity index (χ1n) is 5.60. The highest BCUT2D eigenvalue weighted by Crippen LogP contribution is 2.35. The average molecular weight is 275 g/mol. The molecule has 0 spiro atoms. The Bertz CT molecular complexity index is 512. The van der Waals surface area contributed by atoms with Crippen molar-refractivity contribution in [3.63, 3.8) is 0 Å². The van der Waals surface area contributed by atoms with E-state index in [2.05, 4.69) is 0 Å². The van der Waals surface area contributed by atoms with Crippen LogP contribution in [0.5, 0.6) is 0 Å². The zero-order valence-electron chi connectivity index (χ0n) is 9.51. The molecule has 3 unspecified atom stereocenters. The molecule has 1 fully saturated rings. The summed E-state index contributed by atoms with van der Waals surface area (Å²) in [5.41, 5.74) is 0. The fraction of sp³-hybridized carbons (Fsp3) is 0.500. The topological polar surface area (TPSA) is 54.4 Å². The highest BCUT2D eigenvalue weighted by Gasteiger charge is 2.40. The minimum Gasteiger partial charge on any atom is -0.393 e. The molecule has 2 rings (SSSR count).